The van der Waals surface area contributed by atoms with Gasteiger partial charge in [-0.25, -0.2) is 4.39 Å². The second-order valence-corrected chi connectivity index (χ2v) is 4.14. The van der Waals surface area contributed by atoms with Crippen LogP contribution in [0.25, 0.3) is 10.9 Å². The molecule has 3 aromatic rings. The summed E-state index contributed by atoms with van der Waals surface area (Å²) in [6.07, 6.45) is 1.51. The average Bonchev–Trinajstić information content (AvgIpc) is 3.04. The first-order chi connectivity index (χ1) is 9.26. The Balaban J connectivity index is 1.88. The van der Waals surface area contributed by atoms with E-state index in [2.05, 4.69) is 10.1 Å². The van der Waals surface area contributed by atoms with Gasteiger partial charge in [-0.1, -0.05) is 5.16 Å². The molecule has 1 aromatic carbocycles. The van der Waals surface area contributed by atoms with Gasteiger partial charge in [0.05, 0.1) is 6.20 Å². The van der Waals surface area contributed by atoms with Crippen molar-refractivity contribution in [2.45, 2.75) is 13.2 Å². The quantitative estimate of drug-likeness (QED) is 0.755. The fourth-order valence-electron chi connectivity index (χ4n) is 1.88. The normalized spacial score (nSPS) is 11.1. The molecule has 19 heavy (non-hydrogen) atoms. The highest BCUT2D eigenvalue weighted by Gasteiger charge is 2.09. The number of H-pyrrole nitrogens is 1. The van der Waals surface area contributed by atoms with E-state index in [1.165, 1.54) is 12.3 Å². The Morgan fingerprint density at radius 2 is 2.26 bits per heavy atom. The molecule has 0 aliphatic carbocycles. The zero-order valence-electron chi connectivity index (χ0n) is 10.0. The number of nitrogens with zero attached hydrogens (tertiary/aromatic N) is 1. The highest BCUT2D eigenvalue weighted by atomic mass is 19.1. The molecule has 0 bridgehead atoms. The molecule has 0 aliphatic rings. The molecule has 0 saturated carbocycles. The molecule has 5 nitrogen and oxygen atoms in total. The van der Waals surface area contributed by atoms with Crippen molar-refractivity contribution in [3.05, 3.63) is 47.7 Å². The van der Waals surface area contributed by atoms with Crippen molar-refractivity contribution in [3.8, 4) is 5.75 Å². The molecule has 0 amide bonds. The van der Waals surface area contributed by atoms with Crippen LogP contribution < -0.4 is 10.5 Å². The molecule has 98 valence electrons. The van der Waals surface area contributed by atoms with Crippen LogP contribution in [-0.2, 0) is 13.2 Å². The van der Waals surface area contributed by atoms with Gasteiger partial charge in [-0.05, 0) is 12.1 Å². The van der Waals surface area contributed by atoms with Crippen LogP contribution >= 0.6 is 0 Å². The van der Waals surface area contributed by atoms with Gasteiger partial charge in [0, 0.05) is 35.3 Å². The van der Waals surface area contributed by atoms with E-state index in [-0.39, 0.29) is 12.4 Å². The maximum Gasteiger partial charge on any atom is 0.174 e. The van der Waals surface area contributed by atoms with Gasteiger partial charge in [-0.2, -0.15) is 0 Å². The summed E-state index contributed by atoms with van der Waals surface area (Å²) in [5.74, 6) is 0.275. The van der Waals surface area contributed by atoms with Crippen molar-refractivity contribution in [3.63, 3.8) is 0 Å². The lowest BCUT2D eigenvalue weighted by molar-refractivity contribution is 0.240. The Morgan fingerprint density at radius 1 is 1.37 bits per heavy atom. The van der Waals surface area contributed by atoms with Crippen molar-refractivity contribution < 1.29 is 13.7 Å². The Bertz CT molecular complexity index is 691. The maximum atomic E-state index is 13.8. The van der Waals surface area contributed by atoms with Gasteiger partial charge in [-0.3, -0.25) is 0 Å². The minimum Gasteiger partial charge on any atom is -0.482 e. The summed E-state index contributed by atoms with van der Waals surface area (Å²) in [4.78, 5) is 3.10. The Labute approximate surface area is 108 Å². The van der Waals surface area contributed by atoms with Crippen LogP contribution in [0.15, 0.2) is 35.0 Å². The van der Waals surface area contributed by atoms with E-state index in [1.807, 2.05) is 6.07 Å². The first-order valence-electron chi connectivity index (χ1n) is 5.80. The fourth-order valence-corrected chi connectivity index (χ4v) is 1.88. The second kappa shape index (κ2) is 4.74. The third-order valence-electron chi connectivity index (χ3n) is 2.81. The molecule has 0 atom stereocenters. The molecule has 2 aromatic heterocycles. The standard InChI is InChI=1S/C13H12FN3O2/c14-11-4-8-3-9(6-15)17-12(8)5-13(11)18-7-10-1-2-16-19-10/h1-5,17H,6-7,15H2. The molecule has 0 radical (unpaired) electrons. The molecule has 2 heterocycles. The van der Waals surface area contributed by atoms with E-state index in [0.717, 1.165) is 16.6 Å². The van der Waals surface area contributed by atoms with Crippen molar-refractivity contribution in [2.24, 2.45) is 5.73 Å². The van der Waals surface area contributed by atoms with Gasteiger partial charge in [0.25, 0.3) is 0 Å². The molecule has 6 heteroatoms. The Hall–Kier alpha value is -2.34. The summed E-state index contributed by atoms with van der Waals surface area (Å²) in [7, 11) is 0. The first-order valence-corrected chi connectivity index (χ1v) is 5.80. The first kappa shape index (κ1) is 11.7. The summed E-state index contributed by atoms with van der Waals surface area (Å²) >= 11 is 0. The van der Waals surface area contributed by atoms with E-state index in [1.54, 1.807) is 12.1 Å². The highest BCUT2D eigenvalue weighted by molar-refractivity contribution is 5.82. The van der Waals surface area contributed by atoms with Crippen LogP contribution in [0.4, 0.5) is 4.39 Å². The van der Waals surface area contributed by atoms with E-state index in [9.17, 15) is 4.39 Å². The number of aromatic nitrogens is 2. The van der Waals surface area contributed by atoms with Crippen molar-refractivity contribution >= 4 is 10.9 Å². The molecular formula is C13H12FN3O2. The largest absolute Gasteiger partial charge is 0.482 e. The Kier molecular flexibility index (Phi) is 2.92. The fraction of sp³-hybridized carbons (Fsp3) is 0.154. The maximum absolute atomic E-state index is 13.8. The molecule has 3 N–H and O–H groups in total. The van der Waals surface area contributed by atoms with E-state index in [4.69, 9.17) is 15.0 Å². The number of hydrogen-bond acceptors (Lipinski definition) is 4. The zero-order valence-corrected chi connectivity index (χ0v) is 10.0. The number of aromatic amines is 1. The van der Waals surface area contributed by atoms with Crippen LogP contribution in [-0.4, -0.2) is 10.1 Å². The summed E-state index contributed by atoms with van der Waals surface area (Å²) in [6, 6.07) is 6.51. The van der Waals surface area contributed by atoms with Gasteiger partial charge < -0.3 is 20.0 Å². The van der Waals surface area contributed by atoms with Crippen molar-refractivity contribution in [1.29, 1.82) is 0 Å². The molecule has 0 fully saturated rings. The zero-order chi connectivity index (χ0) is 13.2. The smallest absolute Gasteiger partial charge is 0.174 e. The van der Waals surface area contributed by atoms with Crippen LogP contribution in [0.2, 0.25) is 0 Å². The lowest BCUT2D eigenvalue weighted by atomic mass is 10.2. The van der Waals surface area contributed by atoms with Crippen LogP contribution in [0.3, 0.4) is 0 Å². The average molecular weight is 261 g/mol. The summed E-state index contributed by atoms with van der Waals surface area (Å²) in [6.45, 7) is 0.511. The summed E-state index contributed by atoms with van der Waals surface area (Å²) in [5, 5.41) is 4.32. The van der Waals surface area contributed by atoms with Crippen molar-refractivity contribution in [1.82, 2.24) is 10.1 Å². The van der Waals surface area contributed by atoms with Gasteiger partial charge in [0.1, 0.15) is 6.61 Å². The molecule has 0 unspecified atom stereocenters. The highest BCUT2D eigenvalue weighted by Crippen LogP contribution is 2.26. The van der Waals surface area contributed by atoms with Gasteiger partial charge >= 0.3 is 0 Å². The predicted molar refractivity (Wildman–Crippen MR) is 67.0 cm³/mol. The van der Waals surface area contributed by atoms with E-state index >= 15 is 0 Å². The lowest BCUT2D eigenvalue weighted by Gasteiger charge is -2.05. The molecule has 3 rings (SSSR count). The van der Waals surface area contributed by atoms with Crippen LogP contribution in [0.1, 0.15) is 11.5 Å². The van der Waals surface area contributed by atoms with Crippen molar-refractivity contribution in [2.75, 3.05) is 0 Å². The number of nitrogens with two attached hydrogens (primary N) is 1. The molecule has 0 aliphatic heterocycles. The van der Waals surface area contributed by atoms with E-state index < -0.39 is 5.82 Å². The van der Waals surface area contributed by atoms with Crippen LogP contribution in [0, 0.1) is 5.82 Å². The number of rotatable bonds is 4. The number of benzene rings is 1. The number of nitrogens with one attached hydrogen (secondary N) is 1. The minimum absolute atomic E-state index is 0.132. The monoisotopic (exact) mass is 261 g/mol. The minimum atomic E-state index is -0.422. The lowest BCUT2D eigenvalue weighted by Crippen LogP contribution is -1.96. The van der Waals surface area contributed by atoms with Gasteiger partial charge in [0.2, 0.25) is 0 Å². The number of ether oxygens (including phenoxy) is 1. The molecule has 0 saturated heterocycles. The predicted octanol–water partition coefficient (Wildman–Crippen LogP) is 2.33. The summed E-state index contributed by atoms with van der Waals surface area (Å²) in [5.41, 5.74) is 7.17. The Morgan fingerprint density at radius 3 is 3.00 bits per heavy atom. The van der Waals surface area contributed by atoms with Gasteiger partial charge in [-0.15, -0.1) is 0 Å². The van der Waals surface area contributed by atoms with Crippen LogP contribution in [0.5, 0.6) is 5.75 Å². The number of fused-ring (bicyclic) bond motifs is 1. The third-order valence-corrected chi connectivity index (χ3v) is 2.81. The number of hydrogen-bond donors (Lipinski definition) is 2. The van der Waals surface area contributed by atoms with Gasteiger partial charge in [0.15, 0.2) is 17.3 Å². The van der Waals surface area contributed by atoms with E-state index in [0.29, 0.717) is 12.3 Å². The SMILES string of the molecule is NCc1cc2cc(F)c(OCc3ccno3)cc2[nH]1. The topological polar surface area (TPSA) is 77.1 Å². The molecule has 0 spiro atoms. The number of halogens is 1. The summed E-state index contributed by atoms with van der Waals surface area (Å²) < 4.78 is 24.1. The second-order valence-electron chi connectivity index (χ2n) is 4.14. The molecular weight excluding hydrogens is 249 g/mol. The third kappa shape index (κ3) is 2.30.